The molecule has 4 rings (SSSR count). The summed E-state index contributed by atoms with van der Waals surface area (Å²) < 4.78 is 10.6. The minimum Gasteiger partial charge on any atom is -0.454 e. The molecule has 6 nitrogen and oxygen atoms in total. The van der Waals surface area contributed by atoms with Crippen molar-refractivity contribution in [3.63, 3.8) is 0 Å². The van der Waals surface area contributed by atoms with E-state index in [4.69, 9.17) is 21.1 Å². The Morgan fingerprint density at radius 1 is 1.42 bits per heavy atom. The van der Waals surface area contributed by atoms with Gasteiger partial charge in [0.1, 0.15) is 10.9 Å². The minimum atomic E-state index is -0.253. The second kappa shape index (κ2) is 6.16. The number of nitrogens with one attached hydrogen (secondary N) is 1. The van der Waals surface area contributed by atoms with E-state index < -0.39 is 0 Å². The van der Waals surface area contributed by atoms with Gasteiger partial charge in [-0.15, -0.1) is 11.3 Å². The molecule has 0 fully saturated rings. The molecule has 0 amide bonds. The molecule has 3 aromatic rings. The molecule has 3 heterocycles. The molecule has 2 aromatic heterocycles. The average molecular weight is 386 g/mol. The number of rotatable bonds is 2. The van der Waals surface area contributed by atoms with Crippen LogP contribution in [-0.2, 0) is 0 Å². The molecule has 8 heteroatoms. The number of aromatic nitrogens is 2. The summed E-state index contributed by atoms with van der Waals surface area (Å²) in [4.78, 5) is 21.2. The molecule has 0 aliphatic carbocycles. The molecule has 1 aromatic carbocycles. The van der Waals surface area contributed by atoms with Gasteiger partial charge in [-0.25, -0.2) is 4.98 Å². The molecular weight excluding hydrogens is 374 g/mol. The quantitative estimate of drug-likeness (QED) is 0.672. The Morgan fingerprint density at radius 3 is 3.00 bits per heavy atom. The second-order valence-corrected chi connectivity index (χ2v) is 7.39. The van der Waals surface area contributed by atoms with Gasteiger partial charge < -0.3 is 14.5 Å². The zero-order chi connectivity index (χ0) is 18.4. The SMILES string of the molecule is Cc1sc2nc(C(C#N)=Cc3cc(Cl)c4c(c3)OCO4)[nH]c(=O)c2c1C. The Bertz CT molecular complexity index is 1190. The first-order chi connectivity index (χ1) is 12.5. The van der Waals surface area contributed by atoms with Gasteiger partial charge in [0.2, 0.25) is 6.79 Å². The van der Waals surface area contributed by atoms with E-state index in [1.54, 1.807) is 18.2 Å². The number of nitrogens with zero attached hydrogens (tertiary/aromatic N) is 2. The summed E-state index contributed by atoms with van der Waals surface area (Å²) in [7, 11) is 0. The van der Waals surface area contributed by atoms with Crippen molar-refractivity contribution in [2.24, 2.45) is 0 Å². The van der Waals surface area contributed by atoms with Crippen LogP contribution in [0.15, 0.2) is 16.9 Å². The molecule has 1 aliphatic heterocycles. The number of nitriles is 1. The normalized spacial score (nSPS) is 13.2. The number of H-pyrrole nitrogens is 1. The number of thiophene rings is 1. The number of benzene rings is 1. The lowest BCUT2D eigenvalue weighted by molar-refractivity contribution is 0.174. The number of fused-ring (bicyclic) bond motifs is 2. The second-order valence-electron chi connectivity index (χ2n) is 5.78. The lowest BCUT2D eigenvalue weighted by Crippen LogP contribution is -2.10. The third-order valence-electron chi connectivity index (χ3n) is 4.18. The van der Waals surface area contributed by atoms with E-state index in [9.17, 15) is 10.1 Å². The molecular formula is C18H12ClN3O3S. The molecule has 1 N–H and O–H groups in total. The van der Waals surface area contributed by atoms with Gasteiger partial charge in [0.15, 0.2) is 17.3 Å². The minimum absolute atomic E-state index is 0.107. The van der Waals surface area contributed by atoms with Crippen LogP contribution in [0.3, 0.4) is 0 Å². The number of hydrogen-bond donors (Lipinski definition) is 1. The highest BCUT2D eigenvalue weighted by atomic mass is 35.5. The number of aryl methyl sites for hydroxylation is 2. The lowest BCUT2D eigenvalue weighted by Gasteiger charge is -2.03. The molecule has 0 radical (unpaired) electrons. The van der Waals surface area contributed by atoms with Crippen molar-refractivity contribution in [1.82, 2.24) is 9.97 Å². The maximum atomic E-state index is 12.4. The number of halogens is 1. The van der Waals surface area contributed by atoms with Crippen LogP contribution in [-0.4, -0.2) is 16.8 Å². The summed E-state index contributed by atoms with van der Waals surface area (Å²) in [6.45, 7) is 3.94. The predicted octanol–water partition coefficient (Wildman–Crippen LogP) is 4.05. The Labute approximate surface area is 157 Å². The number of ether oxygens (including phenoxy) is 2. The van der Waals surface area contributed by atoms with Crippen LogP contribution in [0.5, 0.6) is 11.5 Å². The number of aromatic amines is 1. The highest BCUT2D eigenvalue weighted by molar-refractivity contribution is 7.18. The maximum Gasteiger partial charge on any atom is 0.260 e. The molecule has 26 heavy (non-hydrogen) atoms. The standard InChI is InChI=1S/C18H12ClN3O3S/c1-8-9(2)26-18-14(8)17(23)21-16(22-18)11(6-20)3-10-4-12(19)15-13(5-10)24-7-25-15/h3-5H,7H2,1-2H3,(H,21,22,23). The van der Waals surface area contributed by atoms with E-state index in [1.165, 1.54) is 11.3 Å². The van der Waals surface area contributed by atoms with E-state index in [-0.39, 0.29) is 23.7 Å². The van der Waals surface area contributed by atoms with Crippen LogP contribution in [0.25, 0.3) is 21.9 Å². The molecule has 0 unspecified atom stereocenters. The zero-order valence-electron chi connectivity index (χ0n) is 13.8. The summed E-state index contributed by atoms with van der Waals surface area (Å²) in [6.07, 6.45) is 1.60. The van der Waals surface area contributed by atoms with Crippen LogP contribution >= 0.6 is 22.9 Å². The van der Waals surface area contributed by atoms with Gasteiger partial charge in [0.25, 0.3) is 5.56 Å². The molecule has 0 spiro atoms. The molecule has 0 atom stereocenters. The number of hydrogen-bond acceptors (Lipinski definition) is 6. The van der Waals surface area contributed by atoms with Crippen molar-refractivity contribution in [2.75, 3.05) is 6.79 Å². The van der Waals surface area contributed by atoms with Gasteiger partial charge in [0, 0.05) is 4.88 Å². The summed E-state index contributed by atoms with van der Waals surface area (Å²) in [5.74, 6) is 1.22. The smallest absolute Gasteiger partial charge is 0.260 e. The van der Waals surface area contributed by atoms with Gasteiger partial charge in [-0.2, -0.15) is 5.26 Å². The largest absolute Gasteiger partial charge is 0.454 e. The number of allylic oxidation sites excluding steroid dienone is 1. The van der Waals surface area contributed by atoms with Crippen molar-refractivity contribution in [2.45, 2.75) is 13.8 Å². The summed E-state index contributed by atoms with van der Waals surface area (Å²) in [6, 6.07) is 5.48. The van der Waals surface area contributed by atoms with Crippen LogP contribution in [0, 0.1) is 25.2 Å². The van der Waals surface area contributed by atoms with Crippen LogP contribution in [0.2, 0.25) is 5.02 Å². The van der Waals surface area contributed by atoms with Gasteiger partial charge in [0.05, 0.1) is 16.0 Å². The lowest BCUT2D eigenvalue weighted by atomic mass is 10.1. The average Bonchev–Trinajstić information content (AvgIpc) is 3.18. The topological polar surface area (TPSA) is 88.0 Å². The molecule has 0 bridgehead atoms. The fraction of sp³-hybridized carbons (Fsp3) is 0.167. The predicted molar refractivity (Wildman–Crippen MR) is 101 cm³/mol. The van der Waals surface area contributed by atoms with Crippen molar-refractivity contribution >= 4 is 44.8 Å². The van der Waals surface area contributed by atoms with E-state index in [1.807, 2.05) is 13.8 Å². The first-order valence-corrected chi connectivity index (χ1v) is 8.88. The Kier molecular flexibility index (Phi) is 3.94. The Morgan fingerprint density at radius 2 is 2.23 bits per heavy atom. The van der Waals surface area contributed by atoms with Crippen molar-refractivity contribution in [3.05, 3.63) is 49.3 Å². The van der Waals surface area contributed by atoms with Crippen LogP contribution in [0.1, 0.15) is 21.8 Å². The monoisotopic (exact) mass is 385 g/mol. The Hall–Kier alpha value is -2.82. The first kappa shape index (κ1) is 16.6. The van der Waals surface area contributed by atoms with E-state index in [0.717, 1.165) is 10.4 Å². The van der Waals surface area contributed by atoms with Crippen molar-refractivity contribution in [1.29, 1.82) is 5.26 Å². The highest BCUT2D eigenvalue weighted by Crippen LogP contribution is 2.40. The van der Waals surface area contributed by atoms with Crippen molar-refractivity contribution in [3.8, 4) is 17.6 Å². The Balaban J connectivity index is 1.85. The fourth-order valence-electron chi connectivity index (χ4n) is 2.77. The maximum absolute atomic E-state index is 12.4. The van der Waals surface area contributed by atoms with Gasteiger partial charge in [-0.05, 0) is 43.2 Å². The summed E-state index contributed by atoms with van der Waals surface area (Å²) >= 11 is 7.62. The fourth-order valence-corrected chi connectivity index (χ4v) is 4.08. The molecule has 130 valence electrons. The van der Waals surface area contributed by atoms with Crippen LogP contribution in [0.4, 0.5) is 0 Å². The van der Waals surface area contributed by atoms with Crippen LogP contribution < -0.4 is 15.0 Å². The van der Waals surface area contributed by atoms with E-state index in [0.29, 0.717) is 32.3 Å². The molecule has 0 saturated carbocycles. The summed E-state index contributed by atoms with van der Waals surface area (Å²) in [5.41, 5.74) is 1.53. The third kappa shape index (κ3) is 2.64. The van der Waals surface area contributed by atoms with Gasteiger partial charge in [-0.1, -0.05) is 11.6 Å². The zero-order valence-corrected chi connectivity index (χ0v) is 15.4. The van der Waals surface area contributed by atoms with E-state index >= 15 is 0 Å². The highest BCUT2D eigenvalue weighted by Gasteiger charge is 2.19. The van der Waals surface area contributed by atoms with Gasteiger partial charge in [-0.3, -0.25) is 4.79 Å². The third-order valence-corrected chi connectivity index (χ3v) is 5.56. The van der Waals surface area contributed by atoms with Crippen molar-refractivity contribution < 1.29 is 9.47 Å². The molecule has 0 saturated heterocycles. The first-order valence-electron chi connectivity index (χ1n) is 7.69. The summed E-state index contributed by atoms with van der Waals surface area (Å²) in [5, 5.41) is 10.5. The van der Waals surface area contributed by atoms with Gasteiger partial charge >= 0.3 is 0 Å². The van der Waals surface area contributed by atoms with E-state index in [2.05, 4.69) is 16.0 Å². The molecule has 1 aliphatic rings.